The molecule has 11 heteroatoms. The van der Waals surface area contributed by atoms with Crippen LogP contribution in [0.25, 0.3) is 0 Å². The molecule has 3 fully saturated rings. The van der Waals surface area contributed by atoms with Gasteiger partial charge < -0.3 is 18.8 Å². The van der Waals surface area contributed by atoms with Gasteiger partial charge in [0.25, 0.3) is 0 Å². The highest BCUT2D eigenvalue weighted by molar-refractivity contribution is 14.1. The highest BCUT2D eigenvalue weighted by Crippen LogP contribution is 2.59. The van der Waals surface area contributed by atoms with Crippen molar-refractivity contribution in [2.45, 2.75) is 23.5 Å². The molecule has 5 unspecified atom stereocenters. The van der Waals surface area contributed by atoms with Gasteiger partial charge in [0, 0.05) is 15.4 Å². The SMILES string of the molecule is O=C(OC1C2CC3C1OC(=O)[C@@H]3C2C(=O)Oc1ccc(S(=O)(=O)[O-])cc1)c1ccccc1I. The van der Waals surface area contributed by atoms with Crippen molar-refractivity contribution in [2.75, 3.05) is 0 Å². The number of hydrogen-bond donors (Lipinski definition) is 0. The third-order valence-corrected chi connectivity index (χ3v) is 8.28. The fourth-order valence-electron chi connectivity index (χ4n) is 5.14. The summed E-state index contributed by atoms with van der Waals surface area (Å²) in [7, 11) is -4.63. The molecule has 1 heterocycles. The lowest BCUT2D eigenvalue weighted by molar-refractivity contribution is -0.149. The van der Waals surface area contributed by atoms with Crippen molar-refractivity contribution in [3.05, 3.63) is 57.7 Å². The minimum atomic E-state index is -4.63. The Morgan fingerprint density at radius 1 is 1.06 bits per heavy atom. The average Bonchev–Trinajstić information content (AvgIpc) is 3.37. The number of hydrogen-bond acceptors (Lipinski definition) is 9. The first-order valence-electron chi connectivity index (χ1n) is 10.1. The van der Waals surface area contributed by atoms with Crippen LogP contribution in [0.3, 0.4) is 0 Å². The molecule has 172 valence electrons. The van der Waals surface area contributed by atoms with Gasteiger partial charge in [-0.2, -0.15) is 0 Å². The van der Waals surface area contributed by atoms with Crippen molar-refractivity contribution in [2.24, 2.45) is 23.7 Å². The van der Waals surface area contributed by atoms with E-state index in [9.17, 15) is 27.4 Å². The normalized spacial score (nSPS) is 29.6. The molecular formula is C22H16IO9S-. The molecule has 0 radical (unpaired) electrons. The lowest BCUT2D eigenvalue weighted by Gasteiger charge is -2.30. The van der Waals surface area contributed by atoms with E-state index in [0.717, 1.165) is 12.1 Å². The molecule has 2 aromatic carbocycles. The second kappa shape index (κ2) is 8.06. The van der Waals surface area contributed by atoms with Gasteiger partial charge in [0.15, 0.2) is 0 Å². The van der Waals surface area contributed by atoms with Crippen molar-refractivity contribution >= 4 is 50.6 Å². The molecule has 1 aliphatic heterocycles. The molecule has 2 aromatic rings. The molecule has 2 aliphatic carbocycles. The van der Waals surface area contributed by atoms with Gasteiger partial charge in [-0.1, -0.05) is 12.1 Å². The summed E-state index contributed by atoms with van der Waals surface area (Å²) in [5.74, 6) is -3.98. The van der Waals surface area contributed by atoms with Crippen LogP contribution in [0.2, 0.25) is 0 Å². The van der Waals surface area contributed by atoms with Crippen molar-refractivity contribution in [1.29, 1.82) is 0 Å². The van der Waals surface area contributed by atoms with Crippen LogP contribution in [0.15, 0.2) is 53.4 Å². The number of carbonyl (C=O) groups is 3. The predicted octanol–water partition coefficient (Wildman–Crippen LogP) is 2.13. The number of carbonyl (C=O) groups excluding carboxylic acids is 3. The second-order valence-electron chi connectivity index (χ2n) is 8.21. The van der Waals surface area contributed by atoms with Crippen LogP contribution in [0.5, 0.6) is 5.75 Å². The summed E-state index contributed by atoms with van der Waals surface area (Å²) >= 11 is 2.03. The fourth-order valence-corrected chi connectivity index (χ4v) is 6.22. The third-order valence-electron chi connectivity index (χ3n) is 6.49. The number of halogens is 1. The number of ether oxygens (including phenoxy) is 3. The lowest BCUT2D eigenvalue weighted by atomic mass is 9.78. The van der Waals surface area contributed by atoms with Gasteiger partial charge in [-0.15, -0.1) is 0 Å². The highest BCUT2D eigenvalue weighted by Gasteiger charge is 2.70. The minimum Gasteiger partial charge on any atom is -0.744 e. The van der Waals surface area contributed by atoms with Gasteiger partial charge in [0.1, 0.15) is 28.1 Å². The maximum atomic E-state index is 13.0. The molecule has 0 amide bonds. The Bertz CT molecular complexity index is 1260. The van der Waals surface area contributed by atoms with Gasteiger partial charge in [0.2, 0.25) is 0 Å². The van der Waals surface area contributed by atoms with E-state index in [4.69, 9.17) is 14.2 Å². The molecule has 6 atom stereocenters. The molecule has 1 saturated heterocycles. The van der Waals surface area contributed by atoms with E-state index in [-0.39, 0.29) is 11.7 Å². The van der Waals surface area contributed by atoms with Gasteiger partial charge in [-0.3, -0.25) is 9.59 Å². The summed E-state index contributed by atoms with van der Waals surface area (Å²) in [6.07, 6.45) is -0.881. The van der Waals surface area contributed by atoms with Gasteiger partial charge in [-0.25, -0.2) is 13.2 Å². The summed E-state index contributed by atoms with van der Waals surface area (Å²) in [6.45, 7) is 0. The molecule has 2 bridgehead atoms. The van der Waals surface area contributed by atoms with Crippen LogP contribution < -0.4 is 4.74 Å². The largest absolute Gasteiger partial charge is 0.744 e. The third kappa shape index (κ3) is 3.81. The van der Waals surface area contributed by atoms with Crippen LogP contribution in [-0.2, 0) is 29.2 Å². The molecule has 9 nitrogen and oxygen atoms in total. The maximum Gasteiger partial charge on any atom is 0.339 e. The van der Waals surface area contributed by atoms with Crippen LogP contribution in [0.1, 0.15) is 16.8 Å². The first-order chi connectivity index (χ1) is 15.6. The summed E-state index contributed by atoms with van der Waals surface area (Å²) in [6, 6.07) is 11.4. The van der Waals surface area contributed by atoms with Gasteiger partial charge >= 0.3 is 17.9 Å². The van der Waals surface area contributed by atoms with Crippen molar-refractivity contribution < 1.29 is 41.6 Å². The predicted molar refractivity (Wildman–Crippen MR) is 117 cm³/mol. The molecule has 0 spiro atoms. The summed E-state index contributed by atoms with van der Waals surface area (Å²) in [5, 5.41) is 0. The molecule has 5 rings (SSSR count). The van der Waals surface area contributed by atoms with E-state index in [0.29, 0.717) is 15.6 Å². The zero-order valence-corrected chi connectivity index (χ0v) is 19.7. The Morgan fingerprint density at radius 3 is 2.42 bits per heavy atom. The second-order valence-corrected chi connectivity index (χ2v) is 10.8. The number of esters is 3. The molecule has 2 saturated carbocycles. The minimum absolute atomic E-state index is 0.0328. The van der Waals surface area contributed by atoms with E-state index in [1.165, 1.54) is 12.1 Å². The quantitative estimate of drug-likeness (QED) is 0.225. The van der Waals surface area contributed by atoms with Crippen molar-refractivity contribution in [1.82, 2.24) is 0 Å². The van der Waals surface area contributed by atoms with E-state index >= 15 is 0 Å². The highest BCUT2D eigenvalue weighted by atomic mass is 127. The lowest BCUT2D eigenvalue weighted by Crippen LogP contribution is -2.44. The molecule has 0 N–H and O–H groups in total. The van der Waals surface area contributed by atoms with Crippen LogP contribution in [0.4, 0.5) is 0 Å². The Labute approximate surface area is 202 Å². The maximum absolute atomic E-state index is 13.0. The summed E-state index contributed by atoms with van der Waals surface area (Å²) in [5.41, 5.74) is 0.384. The van der Waals surface area contributed by atoms with E-state index < -0.39 is 62.9 Å². The zero-order valence-electron chi connectivity index (χ0n) is 16.8. The van der Waals surface area contributed by atoms with E-state index in [2.05, 4.69) is 0 Å². The summed E-state index contributed by atoms with van der Waals surface area (Å²) < 4.78 is 50.5. The standard InChI is InChI=1S/C22H17IO9S/c23-15-4-2-1-3-12(15)20(24)31-18-13-9-14-17(22(26)32-19(14)18)16(13)21(25)30-10-5-7-11(8-6-10)33(27,28)29/h1-8,13-14,16-19H,9H2,(H,27,28,29)/p-1/t13?,14?,16?,17-,18?,19?/m0/s1. The fraction of sp³-hybridized carbons (Fsp3) is 0.318. The topological polar surface area (TPSA) is 136 Å². The van der Waals surface area contributed by atoms with Crippen molar-refractivity contribution in [3.8, 4) is 5.75 Å². The summed E-state index contributed by atoms with van der Waals surface area (Å²) in [4.78, 5) is 37.8. The zero-order chi connectivity index (χ0) is 23.5. The van der Waals surface area contributed by atoms with Gasteiger partial charge in [-0.05, 0) is 65.4 Å². The monoisotopic (exact) mass is 583 g/mol. The Morgan fingerprint density at radius 2 is 1.76 bits per heavy atom. The number of benzene rings is 2. The first-order valence-corrected chi connectivity index (χ1v) is 12.6. The smallest absolute Gasteiger partial charge is 0.339 e. The van der Waals surface area contributed by atoms with Crippen LogP contribution >= 0.6 is 22.6 Å². The van der Waals surface area contributed by atoms with Gasteiger partial charge in [0.05, 0.1) is 22.3 Å². The Hall–Kier alpha value is -2.51. The van der Waals surface area contributed by atoms with Crippen molar-refractivity contribution in [3.63, 3.8) is 0 Å². The first kappa shape index (κ1) is 22.3. The molecule has 3 aliphatic rings. The van der Waals surface area contributed by atoms with E-state index in [1.807, 2.05) is 22.6 Å². The molecule has 33 heavy (non-hydrogen) atoms. The van der Waals surface area contributed by atoms with Crippen LogP contribution in [-0.4, -0.2) is 43.1 Å². The average molecular weight is 583 g/mol. The Balaban J connectivity index is 1.36. The number of rotatable bonds is 5. The number of fused-ring (bicyclic) bond motifs is 1. The van der Waals surface area contributed by atoms with E-state index in [1.54, 1.807) is 24.3 Å². The Kier molecular flexibility index (Phi) is 5.45. The molecule has 0 aromatic heterocycles. The molecular weight excluding hydrogens is 567 g/mol. The van der Waals surface area contributed by atoms with Crippen LogP contribution in [0, 0.1) is 27.2 Å².